The van der Waals surface area contributed by atoms with Gasteiger partial charge in [0.05, 0.1) is 11.5 Å². The summed E-state index contributed by atoms with van der Waals surface area (Å²) in [6, 6.07) is 7.08. The zero-order valence-electron chi connectivity index (χ0n) is 11.7. The molecule has 5 nitrogen and oxygen atoms in total. The van der Waals surface area contributed by atoms with Crippen molar-refractivity contribution >= 4 is 5.69 Å². The van der Waals surface area contributed by atoms with Gasteiger partial charge >= 0.3 is 0 Å². The molecule has 1 fully saturated rings. The molecule has 1 aliphatic rings. The number of terminal acetylenes is 1. The van der Waals surface area contributed by atoms with E-state index >= 15 is 0 Å². The van der Waals surface area contributed by atoms with Gasteiger partial charge in [0.25, 0.3) is 5.69 Å². The third kappa shape index (κ3) is 3.35. The molecule has 1 aliphatic heterocycles. The van der Waals surface area contributed by atoms with Gasteiger partial charge in [-0.2, -0.15) is 0 Å². The highest BCUT2D eigenvalue weighted by Crippen LogP contribution is 2.24. The first-order chi connectivity index (χ1) is 9.61. The summed E-state index contributed by atoms with van der Waals surface area (Å²) in [6.07, 6.45) is 5.32. The second-order valence-corrected chi connectivity index (χ2v) is 5.04. The lowest BCUT2D eigenvalue weighted by atomic mass is 10.1. The zero-order valence-corrected chi connectivity index (χ0v) is 11.7. The smallest absolute Gasteiger partial charge is 0.269 e. The monoisotopic (exact) mass is 273 g/mol. The molecule has 0 amide bonds. The lowest BCUT2D eigenvalue weighted by Gasteiger charge is -2.37. The van der Waals surface area contributed by atoms with E-state index in [4.69, 9.17) is 6.42 Å². The Balaban J connectivity index is 2.02. The predicted octanol–water partition coefficient (Wildman–Crippen LogP) is 1.91. The maximum absolute atomic E-state index is 10.8. The number of hydrogen-bond donors (Lipinski definition) is 0. The van der Waals surface area contributed by atoms with Crippen LogP contribution in [-0.2, 0) is 0 Å². The van der Waals surface area contributed by atoms with Crippen LogP contribution in [0.4, 0.5) is 5.69 Å². The quantitative estimate of drug-likeness (QED) is 0.477. The van der Waals surface area contributed by atoms with Crippen molar-refractivity contribution in [3.63, 3.8) is 0 Å². The van der Waals surface area contributed by atoms with Crippen molar-refractivity contribution in [1.29, 1.82) is 0 Å². The van der Waals surface area contributed by atoms with E-state index in [-0.39, 0.29) is 16.7 Å². The highest BCUT2D eigenvalue weighted by Gasteiger charge is 2.22. The largest absolute Gasteiger partial charge is 0.294 e. The first kappa shape index (κ1) is 14.5. The number of piperazine rings is 1. The molecule has 0 bridgehead atoms. The van der Waals surface area contributed by atoms with Crippen LogP contribution < -0.4 is 0 Å². The van der Waals surface area contributed by atoms with Gasteiger partial charge in [-0.1, -0.05) is 18.1 Å². The Morgan fingerprint density at radius 2 is 2.10 bits per heavy atom. The molecule has 1 heterocycles. The number of non-ortho nitro benzene ring substituents is 1. The Hall–Kier alpha value is -1.90. The van der Waals surface area contributed by atoms with Crippen molar-refractivity contribution in [2.45, 2.75) is 13.0 Å². The Kier molecular flexibility index (Phi) is 4.72. The van der Waals surface area contributed by atoms with Gasteiger partial charge < -0.3 is 0 Å². The minimum Gasteiger partial charge on any atom is -0.294 e. The van der Waals surface area contributed by atoms with Crippen LogP contribution in [0.25, 0.3) is 0 Å². The Morgan fingerprint density at radius 1 is 1.40 bits per heavy atom. The second-order valence-electron chi connectivity index (χ2n) is 5.04. The first-order valence-electron chi connectivity index (χ1n) is 6.76. The van der Waals surface area contributed by atoms with E-state index in [1.165, 1.54) is 6.07 Å². The minimum absolute atomic E-state index is 0.153. The minimum atomic E-state index is -0.346. The van der Waals surface area contributed by atoms with Gasteiger partial charge in [-0.05, 0) is 12.5 Å². The molecule has 0 aromatic heterocycles. The van der Waals surface area contributed by atoms with Crippen molar-refractivity contribution in [3.05, 3.63) is 39.9 Å². The van der Waals surface area contributed by atoms with E-state index in [2.05, 4.69) is 22.6 Å². The van der Waals surface area contributed by atoms with Crippen LogP contribution in [0.2, 0.25) is 0 Å². The molecule has 0 saturated carbocycles. The van der Waals surface area contributed by atoms with Crippen LogP contribution >= 0.6 is 0 Å². The summed E-state index contributed by atoms with van der Waals surface area (Å²) in [4.78, 5) is 15.1. The molecule has 1 saturated heterocycles. The lowest BCUT2D eigenvalue weighted by molar-refractivity contribution is -0.385. The SMILES string of the molecule is C#CCN1CCN([C@@H](C)c2cccc([N+](=O)[O-])c2)CC1. The predicted molar refractivity (Wildman–Crippen MR) is 78.4 cm³/mol. The summed E-state index contributed by atoms with van der Waals surface area (Å²) in [7, 11) is 0. The lowest BCUT2D eigenvalue weighted by Crippen LogP contribution is -2.47. The normalized spacial score (nSPS) is 18.4. The topological polar surface area (TPSA) is 49.6 Å². The van der Waals surface area contributed by atoms with E-state index in [9.17, 15) is 10.1 Å². The molecule has 0 aliphatic carbocycles. The number of nitrogens with zero attached hydrogens (tertiary/aromatic N) is 3. The van der Waals surface area contributed by atoms with E-state index in [0.29, 0.717) is 6.54 Å². The number of nitro groups is 1. The molecule has 0 radical (unpaired) electrons. The molecule has 1 aromatic carbocycles. The van der Waals surface area contributed by atoms with E-state index in [1.807, 2.05) is 6.07 Å². The van der Waals surface area contributed by atoms with E-state index in [0.717, 1.165) is 31.7 Å². The maximum atomic E-state index is 10.8. The van der Waals surface area contributed by atoms with Crippen LogP contribution in [-0.4, -0.2) is 47.4 Å². The first-order valence-corrected chi connectivity index (χ1v) is 6.76. The van der Waals surface area contributed by atoms with Crippen molar-refractivity contribution < 1.29 is 4.92 Å². The van der Waals surface area contributed by atoms with E-state index < -0.39 is 0 Å². The van der Waals surface area contributed by atoms with Gasteiger partial charge in [0.1, 0.15) is 0 Å². The summed E-state index contributed by atoms with van der Waals surface area (Å²) in [5.74, 6) is 2.67. The van der Waals surface area contributed by atoms with Crippen LogP contribution in [0.1, 0.15) is 18.5 Å². The summed E-state index contributed by atoms with van der Waals surface area (Å²) in [5.41, 5.74) is 1.14. The number of benzene rings is 1. The molecule has 0 spiro atoms. The summed E-state index contributed by atoms with van der Waals surface area (Å²) < 4.78 is 0. The standard InChI is InChI=1S/C15H19N3O2/c1-3-7-16-8-10-17(11-9-16)13(2)14-5-4-6-15(12-14)18(19)20/h1,4-6,12-13H,7-11H2,2H3/t13-/m0/s1. The molecule has 1 atom stereocenters. The third-order valence-electron chi connectivity index (χ3n) is 3.83. The van der Waals surface area contributed by atoms with Gasteiger partial charge in [0, 0.05) is 44.4 Å². The molecular formula is C15H19N3O2. The summed E-state index contributed by atoms with van der Waals surface area (Å²) in [5, 5.41) is 10.8. The van der Waals surface area contributed by atoms with Crippen molar-refractivity contribution in [3.8, 4) is 12.3 Å². The fourth-order valence-corrected chi connectivity index (χ4v) is 2.55. The third-order valence-corrected chi connectivity index (χ3v) is 3.83. The zero-order chi connectivity index (χ0) is 14.5. The second kappa shape index (κ2) is 6.51. The van der Waals surface area contributed by atoms with Crippen LogP contribution in [0.5, 0.6) is 0 Å². The van der Waals surface area contributed by atoms with Crippen molar-refractivity contribution in [2.24, 2.45) is 0 Å². The van der Waals surface area contributed by atoms with Crippen LogP contribution in [0.15, 0.2) is 24.3 Å². The molecular weight excluding hydrogens is 254 g/mol. The van der Waals surface area contributed by atoms with Gasteiger partial charge in [-0.15, -0.1) is 6.42 Å². The summed E-state index contributed by atoms with van der Waals surface area (Å²) >= 11 is 0. The molecule has 106 valence electrons. The van der Waals surface area contributed by atoms with Gasteiger partial charge in [0.15, 0.2) is 0 Å². The highest BCUT2D eigenvalue weighted by atomic mass is 16.6. The maximum Gasteiger partial charge on any atom is 0.269 e. The van der Waals surface area contributed by atoms with E-state index in [1.54, 1.807) is 12.1 Å². The Morgan fingerprint density at radius 3 is 2.70 bits per heavy atom. The average Bonchev–Trinajstić information content (AvgIpc) is 2.48. The molecule has 0 unspecified atom stereocenters. The Labute approximate surface area is 119 Å². The summed E-state index contributed by atoms with van der Waals surface area (Å²) in [6.45, 7) is 6.55. The highest BCUT2D eigenvalue weighted by molar-refractivity contribution is 5.35. The number of nitro benzene ring substituents is 1. The van der Waals surface area contributed by atoms with Crippen molar-refractivity contribution in [1.82, 2.24) is 9.80 Å². The molecule has 1 aromatic rings. The molecule has 20 heavy (non-hydrogen) atoms. The van der Waals surface area contributed by atoms with Crippen LogP contribution in [0, 0.1) is 22.5 Å². The van der Waals surface area contributed by atoms with Gasteiger partial charge in [-0.3, -0.25) is 19.9 Å². The van der Waals surface area contributed by atoms with Crippen LogP contribution in [0.3, 0.4) is 0 Å². The molecule has 2 rings (SSSR count). The average molecular weight is 273 g/mol. The fourth-order valence-electron chi connectivity index (χ4n) is 2.55. The van der Waals surface area contributed by atoms with Gasteiger partial charge in [0.2, 0.25) is 0 Å². The number of rotatable bonds is 4. The Bertz CT molecular complexity index is 516. The molecule has 0 N–H and O–H groups in total. The number of hydrogen-bond acceptors (Lipinski definition) is 4. The van der Waals surface area contributed by atoms with Gasteiger partial charge in [-0.25, -0.2) is 0 Å². The van der Waals surface area contributed by atoms with Crippen molar-refractivity contribution in [2.75, 3.05) is 32.7 Å². The molecule has 5 heteroatoms. The fraction of sp³-hybridized carbons (Fsp3) is 0.467.